The van der Waals surface area contributed by atoms with Gasteiger partial charge in [0, 0.05) is 0 Å². The van der Waals surface area contributed by atoms with Crippen LogP contribution in [-0.4, -0.2) is 13.7 Å². The largest absolute Gasteiger partial charge is 0.228 e. The Balaban J connectivity index is 2.28. The van der Waals surface area contributed by atoms with Gasteiger partial charge in [-0.25, -0.2) is 13.6 Å². The van der Waals surface area contributed by atoms with Gasteiger partial charge in [-0.15, -0.1) is 0 Å². The summed E-state index contributed by atoms with van der Waals surface area (Å²) in [4.78, 5) is 0. The SMILES string of the molecule is NS(=O)(=O)C1CCCC12CCCC2. The Hall–Kier alpha value is -0.0900. The fourth-order valence-electron chi connectivity index (χ4n) is 3.27. The van der Waals surface area contributed by atoms with Crippen molar-refractivity contribution in [3.05, 3.63) is 0 Å². The van der Waals surface area contributed by atoms with Crippen LogP contribution in [0.4, 0.5) is 0 Å². The van der Waals surface area contributed by atoms with Crippen LogP contribution in [-0.2, 0) is 10.0 Å². The minimum Gasteiger partial charge on any atom is -0.228 e. The average Bonchev–Trinajstić information content (AvgIpc) is 2.60. The number of sulfonamides is 1. The van der Waals surface area contributed by atoms with Gasteiger partial charge in [-0.2, -0.15) is 0 Å². The van der Waals surface area contributed by atoms with Crippen molar-refractivity contribution in [3.8, 4) is 0 Å². The van der Waals surface area contributed by atoms with Gasteiger partial charge in [-0.3, -0.25) is 0 Å². The van der Waals surface area contributed by atoms with E-state index in [0.29, 0.717) is 0 Å². The summed E-state index contributed by atoms with van der Waals surface area (Å²) in [5.74, 6) is 0. The summed E-state index contributed by atoms with van der Waals surface area (Å²) >= 11 is 0. The lowest BCUT2D eigenvalue weighted by atomic mass is 9.84. The predicted molar refractivity (Wildman–Crippen MR) is 51.6 cm³/mol. The minimum absolute atomic E-state index is 0.0770. The first-order valence-corrected chi connectivity index (χ1v) is 6.67. The maximum Gasteiger partial charge on any atom is 0.212 e. The van der Waals surface area contributed by atoms with Gasteiger partial charge >= 0.3 is 0 Å². The molecule has 4 heteroatoms. The van der Waals surface area contributed by atoms with Gasteiger partial charge in [-0.1, -0.05) is 19.3 Å². The van der Waals surface area contributed by atoms with E-state index in [-0.39, 0.29) is 10.7 Å². The second-order valence-corrected chi connectivity index (χ2v) is 6.29. The first kappa shape index (κ1) is 9.46. The van der Waals surface area contributed by atoms with Crippen LogP contribution in [0.2, 0.25) is 0 Å². The first-order valence-electron chi connectivity index (χ1n) is 5.06. The zero-order chi connectivity index (χ0) is 9.53. The topological polar surface area (TPSA) is 60.2 Å². The van der Waals surface area contributed by atoms with E-state index in [4.69, 9.17) is 5.14 Å². The minimum atomic E-state index is -3.29. The van der Waals surface area contributed by atoms with Crippen LogP contribution < -0.4 is 5.14 Å². The summed E-state index contributed by atoms with van der Waals surface area (Å²) in [5, 5.41) is 5.03. The van der Waals surface area contributed by atoms with Crippen molar-refractivity contribution in [2.24, 2.45) is 10.6 Å². The second-order valence-electron chi connectivity index (χ2n) is 4.54. The van der Waals surface area contributed by atoms with Crippen LogP contribution in [0.3, 0.4) is 0 Å². The van der Waals surface area contributed by atoms with Crippen LogP contribution in [0.1, 0.15) is 44.9 Å². The highest BCUT2D eigenvalue weighted by Crippen LogP contribution is 2.52. The molecule has 2 aliphatic rings. The Kier molecular flexibility index (Phi) is 2.15. The van der Waals surface area contributed by atoms with Crippen molar-refractivity contribution in [3.63, 3.8) is 0 Å². The molecule has 0 saturated heterocycles. The molecule has 2 aliphatic carbocycles. The number of rotatable bonds is 1. The highest BCUT2D eigenvalue weighted by Gasteiger charge is 2.49. The van der Waals surface area contributed by atoms with Gasteiger partial charge in [0.25, 0.3) is 0 Å². The summed E-state index contributed by atoms with van der Waals surface area (Å²) in [6.07, 6.45) is 7.44. The summed E-state index contributed by atoms with van der Waals surface area (Å²) in [6, 6.07) is 0. The summed E-state index contributed by atoms with van der Waals surface area (Å²) < 4.78 is 22.7. The molecule has 0 bridgehead atoms. The van der Waals surface area contributed by atoms with Gasteiger partial charge in [0.15, 0.2) is 0 Å². The third-order valence-corrected chi connectivity index (χ3v) is 5.35. The molecule has 1 atom stereocenters. The molecule has 0 aromatic rings. The Morgan fingerprint density at radius 3 is 2.15 bits per heavy atom. The Bertz CT molecular complexity index is 285. The van der Waals surface area contributed by atoms with Crippen molar-refractivity contribution in [1.82, 2.24) is 0 Å². The molecule has 1 spiro atoms. The van der Waals surface area contributed by atoms with E-state index < -0.39 is 10.0 Å². The van der Waals surface area contributed by atoms with Crippen LogP contribution in [0.15, 0.2) is 0 Å². The third kappa shape index (κ3) is 1.50. The third-order valence-electron chi connectivity index (χ3n) is 3.82. The first-order chi connectivity index (χ1) is 6.05. The molecule has 76 valence electrons. The molecular weight excluding hydrogens is 186 g/mol. The molecule has 2 N–H and O–H groups in total. The summed E-state index contributed by atoms with van der Waals surface area (Å²) in [6.45, 7) is 0. The van der Waals surface area contributed by atoms with E-state index in [9.17, 15) is 8.42 Å². The summed E-state index contributed by atoms with van der Waals surface area (Å²) in [5.41, 5.74) is 0.0770. The smallest absolute Gasteiger partial charge is 0.212 e. The molecule has 0 amide bonds. The molecule has 13 heavy (non-hydrogen) atoms. The van der Waals surface area contributed by atoms with Gasteiger partial charge in [0.2, 0.25) is 10.0 Å². The molecule has 2 saturated carbocycles. The molecule has 0 aromatic heterocycles. The molecule has 0 radical (unpaired) electrons. The zero-order valence-electron chi connectivity index (χ0n) is 7.83. The fourth-order valence-corrected chi connectivity index (χ4v) is 4.82. The van der Waals surface area contributed by atoms with Crippen molar-refractivity contribution < 1.29 is 8.42 Å². The van der Waals surface area contributed by atoms with Crippen molar-refractivity contribution in [1.29, 1.82) is 0 Å². The number of primary sulfonamides is 1. The Labute approximate surface area is 79.7 Å². The van der Waals surface area contributed by atoms with Gasteiger partial charge in [-0.05, 0) is 31.1 Å². The standard InChI is InChI=1S/C9H17NO2S/c10-13(11,12)8-4-3-7-9(8)5-1-2-6-9/h8H,1-7H2,(H2,10,11,12). The number of nitrogens with two attached hydrogens (primary N) is 1. The van der Waals surface area contributed by atoms with E-state index in [1.165, 1.54) is 12.8 Å². The normalized spacial score (nSPS) is 32.8. The fraction of sp³-hybridized carbons (Fsp3) is 1.00. The van der Waals surface area contributed by atoms with Gasteiger partial charge in [0.1, 0.15) is 0 Å². The molecule has 2 fully saturated rings. The van der Waals surface area contributed by atoms with Gasteiger partial charge < -0.3 is 0 Å². The van der Waals surface area contributed by atoms with Crippen molar-refractivity contribution in [2.45, 2.75) is 50.2 Å². The number of hydrogen-bond donors (Lipinski definition) is 1. The zero-order valence-corrected chi connectivity index (χ0v) is 8.65. The van der Waals surface area contributed by atoms with Crippen LogP contribution in [0.25, 0.3) is 0 Å². The van der Waals surface area contributed by atoms with E-state index in [1.807, 2.05) is 0 Å². The molecule has 0 aromatic carbocycles. The molecule has 1 unspecified atom stereocenters. The van der Waals surface area contributed by atoms with Crippen molar-refractivity contribution in [2.75, 3.05) is 0 Å². The number of hydrogen-bond acceptors (Lipinski definition) is 2. The molecule has 0 aliphatic heterocycles. The Morgan fingerprint density at radius 2 is 1.62 bits per heavy atom. The van der Waals surface area contributed by atoms with E-state index in [2.05, 4.69) is 0 Å². The molecular formula is C9H17NO2S. The van der Waals surface area contributed by atoms with Crippen LogP contribution in [0.5, 0.6) is 0 Å². The van der Waals surface area contributed by atoms with E-state index >= 15 is 0 Å². The van der Waals surface area contributed by atoms with E-state index in [1.54, 1.807) is 0 Å². The average molecular weight is 203 g/mol. The van der Waals surface area contributed by atoms with E-state index in [0.717, 1.165) is 32.1 Å². The Morgan fingerprint density at radius 1 is 1.08 bits per heavy atom. The maximum absolute atomic E-state index is 11.4. The molecule has 2 rings (SSSR count). The second kappa shape index (κ2) is 2.95. The lowest BCUT2D eigenvalue weighted by Gasteiger charge is -2.29. The van der Waals surface area contributed by atoms with Crippen LogP contribution >= 0.6 is 0 Å². The quantitative estimate of drug-likeness (QED) is 0.700. The van der Waals surface area contributed by atoms with Gasteiger partial charge in [0.05, 0.1) is 5.25 Å². The lowest BCUT2D eigenvalue weighted by Crippen LogP contribution is -2.38. The molecule has 3 nitrogen and oxygen atoms in total. The highest BCUT2D eigenvalue weighted by molar-refractivity contribution is 7.89. The monoisotopic (exact) mass is 203 g/mol. The van der Waals surface area contributed by atoms with Crippen molar-refractivity contribution >= 4 is 10.0 Å². The maximum atomic E-state index is 11.4. The predicted octanol–water partition coefficient (Wildman–Crippen LogP) is 1.39. The lowest BCUT2D eigenvalue weighted by molar-refractivity contribution is 0.309. The highest BCUT2D eigenvalue weighted by atomic mass is 32.2. The van der Waals surface area contributed by atoms with Crippen LogP contribution in [0, 0.1) is 5.41 Å². The molecule has 0 heterocycles. The summed E-state index contributed by atoms with van der Waals surface area (Å²) in [7, 11) is -3.29.